The van der Waals surface area contributed by atoms with Crippen molar-refractivity contribution < 1.29 is 19.8 Å². The topological polar surface area (TPSA) is 110 Å². The number of aliphatic carboxylic acids is 2. The second-order valence-electron chi connectivity index (χ2n) is 3.25. The zero-order chi connectivity index (χ0) is 9.19. The maximum absolute atomic E-state index is 10.7. The molecule has 5 heteroatoms. The lowest BCUT2D eigenvalue weighted by atomic mass is 9.74. The van der Waals surface area contributed by atoms with E-state index in [1.807, 2.05) is 0 Å². The Morgan fingerprint density at radius 2 is 1.31 bits per heavy atom. The van der Waals surface area contributed by atoms with E-state index in [1.165, 1.54) is 0 Å². The van der Waals surface area contributed by atoms with Gasteiger partial charge in [-0.05, 0) is 12.8 Å². The predicted octanol–water partition coefficient (Wildman–Crippen LogP) is 1.27. The lowest BCUT2D eigenvalue weighted by Gasteiger charge is -2.28. The van der Waals surface area contributed by atoms with Gasteiger partial charge in [0.15, 0.2) is 5.41 Å². The van der Waals surface area contributed by atoms with Gasteiger partial charge < -0.3 is 16.4 Å². The first-order chi connectivity index (χ1) is 5.59. The van der Waals surface area contributed by atoms with Crippen LogP contribution in [0.2, 0.25) is 0 Å². The third-order valence-corrected chi connectivity index (χ3v) is 2.53. The van der Waals surface area contributed by atoms with Crippen LogP contribution in [0.3, 0.4) is 0 Å². The number of rotatable bonds is 2. The van der Waals surface area contributed by atoms with E-state index in [0.29, 0.717) is 12.8 Å². The number of hydrogen-bond acceptors (Lipinski definition) is 3. The van der Waals surface area contributed by atoms with E-state index in [0.717, 1.165) is 6.42 Å². The predicted molar refractivity (Wildman–Crippen MR) is 45.8 cm³/mol. The molecule has 0 aromatic rings. The van der Waals surface area contributed by atoms with Crippen molar-refractivity contribution in [1.29, 1.82) is 0 Å². The molecular formula is C8H15NO4. The van der Waals surface area contributed by atoms with Gasteiger partial charge in [0.25, 0.3) is 0 Å². The molecule has 76 valence electrons. The number of carboxylic acid groups (broad SMARTS) is 2. The Hall–Kier alpha value is -1.10. The Morgan fingerprint density at radius 1 is 0.923 bits per heavy atom. The molecule has 0 atom stereocenters. The van der Waals surface area contributed by atoms with Gasteiger partial charge in [-0.3, -0.25) is 9.59 Å². The Kier molecular flexibility index (Phi) is 3.87. The van der Waals surface area contributed by atoms with Crippen molar-refractivity contribution >= 4 is 11.9 Å². The molecule has 0 unspecified atom stereocenters. The molecule has 0 radical (unpaired) electrons. The van der Waals surface area contributed by atoms with Crippen LogP contribution in [0.1, 0.15) is 32.1 Å². The lowest BCUT2D eigenvalue weighted by Crippen LogP contribution is -2.40. The molecular weight excluding hydrogens is 174 g/mol. The highest BCUT2D eigenvalue weighted by Gasteiger charge is 2.46. The molecule has 0 aromatic heterocycles. The van der Waals surface area contributed by atoms with E-state index in [1.54, 1.807) is 0 Å². The van der Waals surface area contributed by atoms with Crippen LogP contribution in [-0.4, -0.2) is 22.2 Å². The van der Waals surface area contributed by atoms with Crippen LogP contribution < -0.4 is 6.15 Å². The SMILES string of the molecule is N.O=C(O)C1(C(=O)O)CCCCC1. The third-order valence-electron chi connectivity index (χ3n) is 2.53. The minimum absolute atomic E-state index is 0. The van der Waals surface area contributed by atoms with Crippen molar-refractivity contribution in [3.63, 3.8) is 0 Å². The van der Waals surface area contributed by atoms with Gasteiger partial charge in [0.05, 0.1) is 0 Å². The molecule has 0 bridgehead atoms. The summed E-state index contributed by atoms with van der Waals surface area (Å²) in [5.74, 6) is -2.37. The molecule has 1 saturated carbocycles. The van der Waals surface area contributed by atoms with Crippen molar-refractivity contribution in [2.24, 2.45) is 5.41 Å². The molecule has 0 saturated heterocycles. The smallest absolute Gasteiger partial charge is 0.321 e. The number of carboxylic acids is 2. The van der Waals surface area contributed by atoms with Gasteiger partial charge in [-0.1, -0.05) is 19.3 Å². The van der Waals surface area contributed by atoms with Gasteiger partial charge >= 0.3 is 11.9 Å². The second kappa shape index (κ2) is 4.23. The van der Waals surface area contributed by atoms with Gasteiger partial charge in [-0.2, -0.15) is 0 Å². The number of hydrogen-bond donors (Lipinski definition) is 3. The normalized spacial score (nSPS) is 20.0. The van der Waals surface area contributed by atoms with E-state index >= 15 is 0 Å². The van der Waals surface area contributed by atoms with E-state index in [4.69, 9.17) is 10.2 Å². The van der Waals surface area contributed by atoms with Crippen molar-refractivity contribution in [1.82, 2.24) is 6.15 Å². The fourth-order valence-corrected chi connectivity index (χ4v) is 1.67. The summed E-state index contributed by atoms with van der Waals surface area (Å²) >= 11 is 0. The van der Waals surface area contributed by atoms with Gasteiger partial charge in [-0.25, -0.2) is 0 Å². The van der Waals surface area contributed by atoms with E-state index in [2.05, 4.69) is 0 Å². The van der Waals surface area contributed by atoms with Crippen LogP contribution >= 0.6 is 0 Å². The van der Waals surface area contributed by atoms with Crippen molar-refractivity contribution in [2.45, 2.75) is 32.1 Å². The van der Waals surface area contributed by atoms with Crippen LogP contribution in [-0.2, 0) is 9.59 Å². The molecule has 1 fully saturated rings. The Balaban J connectivity index is 0.00000144. The van der Waals surface area contributed by atoms with Crippen molar-refractivity contribution in [3.05, 3.63) is 0 Å². The minimum Gasteiger partial charge on any atom is -0.480 e. The van der Waals surface area contributed by atoms with Crippen LogP contribution in [0.4, 0.5) is 0 Å². The summed E-state index contributed by atoms with van der Waals surface area (Å²) < 4.78 is 0. The molecule has 1 rings (SSSR count). The molecule has 0 heterocycles. The van der Waals surface area contributed by atoms with Gasteiger partial charge in [0, 0.05) is 0 Å². The van der Waals surface area contributed by atoms with Crippen molar-refractivity contribution in [3.8, 4) is 0 Å². The molecule has 0 spiro atoms. The Morgan fingerprint density at radius 3 is 1.54 bits per heavy atom. The van der Waals surface area contributed by atoms with E-state index in [-0.39, 0.29) is 19.0 Å². The lowest BCUT2D eigenvalue weighted by molar-refractivity contribution is -0.167. The largest absolute Gasteiger partial charge is 0.480 e. The first-order valence-electron chi connectivity index (χ1n) is 4.06. The van der Waals surface area contributed by atoms with Gasteiger partial charge in [-0.15, -0.1) is 0 Å². The first kappa shape index (κ1) is 11.9. The third kappa shape index (κ3) is 1.98. The fourth-order valence-electron chi connectivity index (χ4n) is 1.67. The number of carbonyl (C=O) groups is 2. The minimum atomic E-state index is -1.49. The molecule has 5 N–H and O–H groups in total. The Labute approximate surface area is 76.3 Å². The quantitative estimate of drug-likeness (QED) is 0.566. The maximum Gasteiger partial charge on any atom is 0.321 e. The van der Waals surface area contributed by atoms with E-state index in [9.17, 15) is 9.59 Å². The average molecular weight is 189 g/mol. The highest BCUT2D eigenvalue weighted by Crippen LogP contribution is 2.36. The molecule has 13 heavy (non-hydrogen) atoms. The van der Waals surface area contributed by atoms with Crippen LogP contribution in [0.25, 0.3) is 0 Å². The summed E-state index contributed by atoms with van der Waals surface area (Å²) in [7, 11) is 0. The highest BCUT2D eigenvalue weighted by atomic mass is 16.4. The monoisotopic (exact) mass is 189 g/mol. The van der Waals surface area contributed by atoms with Crippen molar-refractivity contribution in [2.75, 3.05) is 0 Å². The standard InChI is InChI=1S/C8H12O4.H3N/c9-6(10)8(7(11)12)4-2-1-3-5-8;/h1-5H2,(H,9,10)(H,11,12);1H3. The Bertz CT molecular complexity index is 192. The molecule has 0 amide bonds. The van der Waals surface area contributed by atoms with Gasteiger partial charge in [0.1, 0.15) is 0 Å². The summed E-state index contributed by atoms with van der Waals surface area (Å²) in [6.45, 7) is 0. The summed E-state index contributed by atoms with van der Waals surface area (Å²) in [5, 5.41) is 17.6. The van der Waals surface area contributed by atoms with Gasteiger partial charge in [0.2, 0.25) is 0 Å². The van der Waals surface area contributed by atoms with Crippen LogP contribution in [0.15, 0.2) is 0 Å². The molecule has 5 nitrogen and oxygen atoms in total. The fraction of sp³-hybridized carbons (Fsp3) is 0.750. The molecule has 0 aliphatic heterocycles. The van der Waals surface area contributed by atoms with E-state index < -0.39 is 17.4 Å². The van der Waals surface area contributed by atoms with Crippen LogP contribution in [0.5, 0.6) is 0 Å². The van der Waals surface area contributed by atoms with Crippen LogP contribution in [0, 0.1) is 5.41 Å². The summed E-state index contributed by atoms with van der Waals surface area (Å²) in [5.41, 5.74) is -1.49. The molecule has 1 aliphatic rings. The maximum atomic E-state index is 10.7. The molecule has 0 aromatic carbocycles. The zero-order valence-electron chi connectivity index (χ0n) is 7.45. The first-order valence-corrected chi connectivity index (χ1v) is 4.06. The molecule has 1 aliphatic carbocycles. The summed E-state index contributed by atoms with van der Waals surface area (Å²) in [6.07, 6.45) is 2.91. The average Bonchev–Trinajstić information content (AvgIpc) is 2.05. The zero-order valence-corrected chi connectivity index (χ0v) is 7.45. The summed E-state index contributed by atoms with van der Waals surface area (Å²) in [6, 6.07) is 0. The second-order valence-corrected chi connectivity index (χ2v) is 3.25. The summed E-state index contributed by atoms with van der Waals surface area (Å²) in [4.78, 5) is 21.5. The highest BCUT2D eigenvalue weighted by molar-refractivity contribution is 5.98.